The fourth-order valence-corrected chi connectivity index (χ4v) is 3.39. The van der Waals surface area contributed by atoms with Crippen LogP contribution in [0.4, 0.5) is 0 Å². The molecule has 2 rings (SSSR count). The Morgan fingerprint density at radius 1 is 0.926 bits per heavy atom. The molecule has 0 fully saturated rings. The van der Waals surface area contributed by atoms with Gasteiger partial charge < -0.3 is 10.6 Å². The van der Waals surface area contributed by atoms with E-state index in [1.54, 1.807) is 12.1 Å². The summed E-state index contributed by atoms with van der Waals surface area (Å²) in [5.41, 5.74) is 1.65. The van der Waals surface area contributed by atoms with Crippen molar-refractivity contribution in [3.8, 4) is 0 Å². The first kappa shape index (κ1) is 20.6. The molecule has 2 amide bonds. The molecule has 0 heterocycles. The van der Waals surface area contributed by atoms with Gasteiger partial charge in [0.2, 0.25) is 11.8 Å². The molecular weight excluding hydrogens is 364 g/mol. The summed E-state index contributed by atoms with van der Waals surface area (Å²) in [7, 11) is -3.25. The van der Waals surface area contributed by atoms with Crippen LogP contribution in [0, 0.1) is 0 Å². The highest BCUT2D eigenvalue weighted by molar-refractivity contribution is 7.90. The fourth-order valence-electron chi connectivity index (χ4n) is 2.76. The normalized spacial score (nSPS) is 13.4. The van der Waals surface area contributed by atoms with E-state index in [-0.39, 0.29) is 29.2 Å². The monoisotopic (exact) mass is 388 g/mol. The molecule has 0 aromatic heterocycles. The van der Waals surface area contributed by atoms with Gasteiger partial charge in [-0.25, -0.2) is 8.42 Å². The molecule has 27 heavy (non-hydrogen) atoms. The number of amides is 2. The lowest BCUT2D eigenvalue weighted by Crippen LogP contribution is -2.33. The van der Waals surface area contributed by atoms with Gasteiger partial charge in [-0.15, -0.1) is 0 Å². The van der Waals surface area contributed by atoms with Gasteiger partial charge in [-0.3, -0.25) is 9.59 Å². The largest absolute Gasteiger partial charge is 0.350 e. The van der Waals surface area contributed by atoms with E-state index in [0.29, 0.717) is 0 Å². The van der Waals surface area contributed by atoms with Gasteiger partial charge in [0.05, 0.1) is 23.4 Å². The van der Waals surface area contributed by atoms with E-state index >= 15 is 0 Å². The summed E-state index contributed by atoms with van der Waals surface area (Å²) in [5, 5.41) is 5.69. The molecule has 2 atom stereocenters. The third-order valence-electron chi connectivity index (χ3n) is 4.15. The number of hydrogen-bond acceptors (Lipinski definition) is 4. The minimum Gasteiger partial charge on any atom is -0.350 e. The Balaban J connectivity index is 2.05. The van der Waals surface area contributed by atoms with Crippen LogP contribution in [0.15, 0.2) is 59.5 Å². The molecule has 2 aromatic carbocycles. The maximum Gasteiger partial charge on any atom is 0.222 e. The number of carbonyl (C=O) groups is 2. The Morgan fingerprint density at radius 2 is 1.52 bits per heavy atom. The van der Waals surface area contributed by atoms with Gasteiger partial charge in [0.15, 0.2) is 9.84 Å². The lowest BCUT2D eigenvalue weighted by molar-refractivity contribution is -0.123. The van der Waals surface area contributed by atoms with E-state index in [2.05, 4.69) is 10.6 Å². The summed E-state index contributed by atoms with van der Waals surface area (Å²) >= 11 is 0. The standard InChI is InChI=1S/C20H24N2O4S/c1-14(16-9-11-18(12-10-16)27(3,25)26)21-20(24)13-19(22-15(2)23)17-7-5-4-6-8-17/h4-12,14,19H,13H2,1-3H3,(H,21,24)(H,22,23)/t14-,19-/m0/s1. The molecule has 2 aromatic rings. The summed E-state index contributed by atoms with van der Waals surface area (Å²) in [6, 6.07) is 15.0. The van der Waals surface area contributed by atoms with Crippen molar-refractivity contribution in [3.63, 3.8) is 0 Å². The molecule has 0 aliphatic carbocycles. The van der Waals surface area contributed by atoms with Gasteiger partial charge in [0, 0.05) is 13.2 Å². The maximum atomic E-state index is 12.5. The summed E-state index contributed by atoms with van der Waals surface area (Å²) in [6.45, 7) is 3.24. The molecule has 0 radical (unpaired) electrons. The van der Waals surface area contributed by atoms with Gasteiger partial charge >= 0.3 is 0 Å². The van der Waals surface area contributed by atoms with Crippen molar-refractivity contribution in [2.45, 2.75) is 37.2 Å². The molecule has 0 saturated carbocycles. The second-order valence-corrected chi connectivity index (χ2v) is 8.51. The summed E-state index contributed by atoms with van der Waals surface area (Å²) < 4.78 is 23.1. The zero-order valence-electron chi connectivity index (χ0n) is 15.6. The Morgan fingerprint density at radius 3 is 2.04 bits per heavy atom. The number of benzene rings is 2. The van der Waals surface area contributed by atoms with Crippen LogP contribution in [-0.2, 0) is 19.4 Å². The smallest absolute Gasteiger partial charge is 0.222 e. The van der Waals surface area contributed by atoms with Crippen molar-refractivity contribution >= 4 is 21.7 Å². The second kappa shape index (κ2) is 8.81. The zero-order valence-corrected chi connectivity index (χ0v) is 16.4. The number of hydrogen-bond donors (Lipinski definition) is 2. The SMILES string of the molecule is CC(=O)N[C@@H](CC(=O)N[C@@H](C)c1ccc(S(C)(=O)=O)cc1)c1ccccc1. The van der Waals surface area contributed by atoms with Crippen LogP contribution < -0.4 is 10.6 Å². The lowest BCUT2D eigenvalue weighted by Gasteiger charge is -2.20. The predicted molar refractivity (Wildman–Crippen MR) is 104 cm³/mol. The molecule has 0 unspecified atom stereocenters. The fraction of sp³-hybridized carbons (Fsp3) is 0.300. The Hall–Kier alpha value is -2.67. The van der Waals surface area contributed by atoms with E-state index in [0.717, 1.165) is 17.4 Å². The highest BCUT2D eigenvalue weighted by Gasteiger charge is 2.19. The Bertz CT molecular complexity index is 893. The molecule has 0 aliphatic rings. The van der Waals surface area contributed by atoms with Crippen LogP contribution in [0.2, 0.25) is 0 Å². The first-order valence-electron chi connectivity index (χ1n) is 8.58. The molecule has 2 N–H and O–H groups in total. The molecule has 144 valence electrons. The minimum atomic E-state index is -3.25. The Kier molecular flexibility index (Phi) is 6.74. The van der Waals surface area contributed by atoms with E-state index in [9.17, 15) is 18.0 Å². The molecular formula is C20H24N2O4S. The first-order valence-corrected chi connectivity index (χ1v) is 10.5. The number of nitrogens with one attached hydrogen (secondary N) is 2. The average molecular weight is 388 g/mol. The van der Waals surface area contributed by atoms with Gasteiger partial charge in [0.1, 0.15) is 0 Å². The molecule has 0 spiro atoms. The van der Waals surface area contributed by atoms with Crippen molar-refractivity contribution in [2.24, 2.45) is 0 Å². The van der Waals surface area contributed by atoms with Crippen molar-refractivity contribution < 1.29 is 18.0 Å². The van der Waals surface area contributed by atoms with E-state index in [4.69, 9.17) is 0 Å². The van der Waals surface area contributed by atoms with Gasteiger partial charge in [-0.2, -0.15) is 0 Å². The van der Waals surface area contributed by atoms with Crippen molar-refractivity contribution in [1.29, 1.82) is 0 Å². The third kappa shape index (κ3) is 6.21. The second-order valence-electron chi connectivity index (χ2n) is 6.50. The molecule has 0 saturated heterocycles. The molecule has 0 bridgehead atoms. The molecule has 6 nitrogen and oxygen atoms in total. The van der Waals surface area contributed by atoms with Crippen LogP contribution in [0.5, 0.6) is 0 Å². The van der Waals surface area contributed by atoms with Crippen LogP contribution >= 0.6 is 0 Å². The van der Waals surface area contributed by atoms with Gasteiger partial charge in [-0.1, -0.05) is 42.5 Å². The molecule has 7 heteroatoms. The summed E-state index contributed by atoms with van der Waals surface area (Å²) in [4.78, 5) is 24.2. The maximum absolute atomic E-state index is 12.5. The third-order valence-corrected chi connectivity index (χ3v) is 5.28. The van der Waals surface area contributed by atoms with Crippen LogP contribution in [0.1, 0.15) is 43.5 Å². The zero-order chi connectivity index (χ0) is 20.0. The van der Waals surface area contributed by atoms with Crippen LogP contribution in [0.3, 0.4) is 0 Å². The van der Waals surface area contributed by atoms with Crippen molar-refractivity contribution in [1.82, 2.24) is 10.6 Å². The van der Waals surface area contributed by atoms with Crippen molar-refractivity contribution in [3.05, 3.63) is 65.7 Å². The number of sulfone groups is 1. The summed E-state index contributed by atoms with van der Waals surface area (Å²) in [5.74, 6) is -0.418. The first-order chi connectivity index (χ1) is 12.7. The predicted octanol–water partition coefficient (Wildman–Crippen LogP) is 2.53. The Labute approximate surface area is 159 Å². The van der Waals surface area contributed by atoms with E-state index in [1.165, 1.54) is 19.1 Å². The summed E-state index contributed by atoms with van der Waals surface area (Å²) in [6.07, 6.45) is 1.26. The van der Waals surface area contributed by atoms with Crippen LogP contribution in [-0.4, -0.2) is 26.5 Å². The topological polar surface area (TPSA) is 92.3 Å². The highest BCUT2D eigenvalue weighted by Crippen LogP contribution is 2.19. The van der Waals surface area contributed by atoms with Crippen molar-refractivity contribution in [2.75, 3.05) is 6.26 Å². The number of rotatable bonds is 7. The van der Waals surface area contributed by atoms with E-state index in [1.807, 2.05) is 37.3 Å². The van der Waals surface area contributed by atoms with Gasteiger partial charge in [-0.05, 0) is 30.2 Å². The molecule has 0 aliphatic heterocycles. The lowest BCUT2D eigenvalue weighted by atomic mass is 10.0. The van der Waals surface area contributed by atoms with Crippen LogP contribution in [0.25, 0.3) is 0 Å². The number of carbonyl (C=O) groups excluding carboxylic acids is 2. The average Bonchev–Trinajstić information content (AvgIpc) is 2.61. The quantitative estimate of drug-likeness (QED) is 0.762. The van der Waals surface area contributed by atoms with Gasteiger partial charge in [0.25, 0.3) is 0 Å². The highest BCUT2D eigenvalue weighted by atomic mass is 32.2. The van der Waals surface area contributed by atoms with E-state index < -0.39 is 15.9 Å². The minimum absolute atomic E-state index is 0.107.